The maximum atomic E-state index is 12.4. The number of nitrogens with one attached hydrogen (secondary N) is 2. The van der Waals surface area contributed by atoms with Crippen LogP contribution in [-0.4, -0.2) is 62.5 Å². The number of benzene rings is 1. The van der Waals surface area contributed by atoms with Gasteiger partial charge in [0.25, 0.3) is 0 Å². The second-order valence-corrected chi connectivity index (χ2v) is 6.79. The molecule has 0 aliphatic heterocycles. The Kier molecular flexibility index (Phi) is 12.6. The fourth-order valence-electron chi connectivity index (χ4n) is 2.25. The molecular formula is C21H29ClN2O5. The highest BCUT2D eigenvalue weighted by molar-refractivity contribution is 6.27. The molecule has 0 bridgehead atoms. The molecule has 1 aromatic rings. The summed E-state index contributed by atoms with van der Waals surface area (Å²) >= 11 is 5.35. The Morgan fingerprint density at radius 2 is 1.72 bits per heavy atom. The summed E-state index contributed by atoms with van der Waals surface area (Å²) in [5.74, 6) is -1.01. The Morgan fingerprint density at radius 1 is 1.03 bits per heavy atom. The second-order valence-electron chi connectivity index (χ2n) is 6.52. The minimum atomic E-state index is -0.715. The first kappa shape index (κ1) is 24.8. The molecular weight excluding hydrogens is 396 g/mol. The van der Waals surface area contributed by atoms with E-state index in [4.69, 9.17) is 21.1 Å². The van der Waals surface area contributed by atoms with Gasteiger partial charge in [-0.25, -0.2) is 0 Å². The first-order valence-corrected chi connectivity index (χ1v) is 10.0. The maximum Gasteiger partial charge on any atom is 0.246 e. The zero-order valence-electron chi connectivity index (χ0n) is 16.9. The third kappa shape index (κ3) is 11.4. The predicted octanol–water partition coefficient (Wildman–Crippen LogP) is 1.80. The first-order valence-electron chi connectivity index (χ1n) is 9.48. The molecule has 2 amide bonds. The van der Waals surface area contributed by atoms with E-state index in [1.807, 2.05) is 36.4 Å². The molecule has 0 saturated heterocycles. The van der Waals surface area contributed by atoms with Gasteiger partial charge in [-0.15, -0.1) is 11.6 Å². The lowest BCUT2D eigenvalue weighted by Crippen LogP contribution is -2.43. The molecule has 0 saturated carbocycles. The number of ketones is 1. The van der Waals surface area contributed by atoms with E-state index in [2.05, 4.69) is 10.6 Å². The van der Waals surface area contributed by atoms with Crippen molar-refractivity contribution in [3.63, 3.8) is 0 Å². The highest BCUT2D eigenvalue weighted by atomic mass is 35.5. The van der Waals surface area contributed by atoms with Crippen LogP contribution in [0.1, 0.15) is 19.4 Å². The number of hydrogen-bond acceptors (Lipinski definition) is 5. The normalized spacial score (nSPS) is 12.1. The Bertz CT molecular complexity index is 664. The van der Waals surface area contributed by atoms with Gasteiger partial charge < -0.3 is 20.1 Å². The minimum absolute atomic E-state index is 0.0761. The van der Waals surface area contributed by atoms with Gasteiger partial charge in [0.1, 0.15) is 18.5 Å². The van der Waals surface area contributed by atoms with E-state index in [9.17, 15) is 14.4 Å². The summed E-state index contributed by atoms with van der Waals surface area (Å²) in [6.07, 6.45) is 3.50. The van der Waals surface area contributed by atoms with Crippen molar-refractivity contribution < 1.29 is 23.9 Å². The maximum absolute atomic E-state index is 12.4. The van der Waals surface area contributed by atoms with Gasteiger partial charge in [0, 0.05) is 12.5 Å². The Labute approximate surface area is 176 Å². The van der Waals surface area contributed by atoms with Crippen LogP contribution >= 0.6 is 11.6 Å². The number of carbonyl (C=O) groups is 3. The zero-order valence-corrected chi connectivity index (χ0v) is 17.6. The topological polar surface area (TPSA) is 93.7 Å². The van der Waals surface area contributed by atoms with Crippen molar-refractivity contribution in [1.82, 2.24) is 10.6 Å². The van der Waals surface area contributed by atoms with Gasteiger partial charge in [-0.2, -0.15) is 0 Å². The zero-order chi connectivity index (χ0) is 21.5. The molecule has 8 heteroatoms. The lowest BCUT2D eigenvalue weighted by Gasteiger charge is -2.16. The van der Waals surface area contributed by atoms with Crippen LogP contribution in [0.4, 0.5) is 0 Å². The van der Waals surface area contributed by atoms with E-state index in [1.54, 1.807) is 19.9 Å². The molecule has 0 aromatic heterocycles. The molecule has 160 valence electrons. The van der Waals surface area contributed by atoms with Gasteiger partial charge in [0.05, 0.1) is 19.8 Å². The smallest absolute Gasteiger partial charge is 0.246 e. The summed E-state index contributed by atoms with van der Waals surface area (Å²) in [7, 11) is 0. The number of hydrogen-bond donors (Lipinski definition) is 2. The fourth-order valence-corrected chi connectivity index (χ4v) is 2.35. The quantitative estimate of drug-likeness (QED) is 0.351. The molecule has 0 heterocycles. The molecule has 0 fully saturated rings. The molecule has 0 spiro atoms. The molecule has 0 unspecified atom stereocenters. The van der Waals surface area contributed by atoms with E-state index in [1.165, 1.54) is 0 Å². The van der Waals surface area contributed by atoms with Gasteiger partial charge in [-0.05, 0) is 5.56 Å². The van der Waals surface area contributed by atoms with Crippen LogP contribution in [0.25, 0.3) is 6.08 Å². The van der Waals surface area contributed by atoms with Gasteiger partial charge in [-0.1, -0.05) is 56.3 Å². The van der Waals surface area contributed by atoms with Crippen molar-refractivity contribution in [2.45, 2.75) is 19.9 Å². The molecule has 1 aromatic carbocycles. The van der Waals surface area contributed by atoms with Gasteiger partial charge in [-0.3, -0.25) is 14.4 Å². The van der Waals surface area contributed by atoms with Crippen LogP contribution in [0.3, 0.4) is 0 Å². The summed E-state index contributed by atoms with van der Waals surface area (Å²) < 4.78 is 10.5. The molecule has 7 nitrogen and oxygen atoms in total. The molecule has 0 radical (unpaired) electrons. The van der Waals surface area contributed by atoms with Crippen molar-refractivity contribution in [2.24, 2.45) is 5.92 Å². The van der Waals surface area contributed by atoms with Crippen molar-refractivity contribution >= 4 is 35.3 Å². The van der Waals surface area contributed by atoms with Crippen molar-refractivity contribution in [2.75, 3.05) is 38.9 Å². The van der Waals surface area contributed by atoms with E-state index >= 15 is 0 Å². The summed E-state index contributed by atoms with van der Waals surface area (Å²) in [5, 5.41) is 5.26. The van der Waals surface area contributed by atoms with Crippen LogP contribution in [0.5, 0.6) is 0 Å². The highest BCUT2D eigenvalue weighted by Gasteiger charge is 2.20. The Morgan fingerprint density at radius 3 is 2.38 bits per heavy atom. The van der Waals surface area contributed by atoms with Crippen LogP contribution in [0, 0.1) is 5.92 Å². The largest absolute Gasteiger partial charge is 0.377 e. The summed E-state index contributed by atoms with van der Waals surface area (Å²) in [6.45, 7) is 4.61. The molecule has 0 aliphatic rings. The van der Waals surface area contributed by atoms with E-state index in [0.29, 0.717) is 13.2 Å². The van der Waals surface area contributed by atoms with Gasteiger partial charge in [0.15, 0.2) is 5.78 Å². The van der Waals surface area contributed by atoms with E-state index in [-0.39, 0.29) is 49.2 Å². The third-order valence-corrected chi connectivity index (χ3v) is 4.01. The molecule has 0 aliphatic carbocycles. The van der Waals surface area contributed by atoms with Crippen LogP contribution in [0.2, 0.25) is 0 Å². The Hall–Kier alpha value is -2.22. The summed E-state index contributed by atoms with van der Waals surface area (Å²) in [4.78, 5) is 35.4. The third-order valence-electron chi connectivity index (χ3n) is 3.77. The average Bonchev–Trinajstić information content (AvgIpc) is 2.72. The number of amides is 2. The van der Waals surface area contributed by atoms with Gasteiger partial charge in [0.2, 0.25) is 11.8 Å². The van der Waals surface area contributed by atoms with Gasteiger partial charge >= 0.3 is 0 Å². The monoisotopic (exact) mass is 424 g/mol. The molecule has 29 heavy (non-hydrogen) atoms. The first-order chi connectivity index (χ1) is 13.9. The lowest BCUT2D eigenvalue weighted by molar-refractivity contribution is -0.131. The Balaban J connectivity index is 2.34. The van der Waals surface area contributed by atoms with Crippen molar-refractivity contribution in [1.29, 1.82) is 0 Å². The summed E-state index contributed by atoms with van der Waals surface area (Å²) in [6, 6.07) is 8.83. The minimum Gasteiger partial charge on any atom is -0.377 e. The molecule has 1 rings (SSSR count). The highest BCUT2D eigenvalue weighted by Crippen LogP contribution is 2.06. The number of Topliss-reactive ketones (excluding diaryl/α,β-unsaturated/α-hetero) is 1. The predicted molar refractivity (Wildman–Crippen MR) is 113 cm³/mol. The molecule has 2 N–H and O–H groups in total. The number of rotatable bonds is 14. The number of carbonyl (C=O) groups excluding carboxylic acids is 3. The van der Waals surface area contributed by atoms with Crippen LogP contribution in [0.15, 0.2) is 36.4 Å². The van der Waals surface area contributed by atoms with E-state index < -0.39 is 6.04 Å². The summed E-state index contributed by atoms with van der Waals surface area (Å²) in [5.41, 5.74) is 0.943. The SMILES string of the molecule is CC(C)C(=O)[C@H](/C=C/c1ccccc1)NC(=O)COCCOCCNC(=O)CCl. The van der Waals surface area contributed by atoms with E-state index in [0.717, 1.165) is 5.56 Å². The standard InChI is InChI=1S/C21H29ClN2O5/c1-16(2)21(27)18(9-8-17-6-4-3-5-7-17)24-20(26)15-29-13-12-28-11-10-23-19(25)14-22/h3-9,16,18H,10-15H2,1-2H3,(H,23,25)(H,24,26)/b9-8+/t18-/m0/s1. The lowest BCUT2D eigenvalue weighted by atomic mass is 10.0. The fraction of sp³-hybridized carbons (Fsp3) is 0.476. The van der Waals surface area contributed by atoms with Crippen molar-refractivity contribution in [3.8, 4) is 0 Å². The van der Waals surface area contributed by atoms with Crippen LogP contribution in [-0.2, 0) is 23.9 Å². The number of alkyl halides is 1. The van der Waals surface area contributed by atoms with Crippen molar-refractivity contribution in [3.05, 3.63) is 42.0 Å². The number of ether oxygens (including phenoxy) is 2. The molecule has 1 atom stereocenters. The second kappa shape index (κ2) is 14.7. The van der Waals surface area contributed by atoms with Crippen LogP contribution < -0.4 is 10.6 Å². The average molecular weight is 425 g/mol. The number of halogens is 1.